The molecule has 32 heavy (non-hydrogen) atoms. The van der Waals surface area contributed by atoms with E-state index in [0.717, 1.165) is 16.9 Å². The number of nitrogens with zero attached hydrogens (tertiary/aromatic N) is 3. The molecule has 11 heteroatoms. The summed E-state index contributed by atoms with van der Waals surface area (Å²) in [7, 11) is -4.09. The van der Waals surface area contributed by atoms with Crippen molar-refractivity contribution in [2.24, 2.45) is 0 Å². The topological polar surface area (TPSA) is 95.7 Å². The summed E-state index contributed by atoms with van der Waals surface area (Å²) in [6.07, 6.45) is 1.54. The SMILES string of the molecule is O=S(=O)(N1CCC(O)CC1)n1nc(C2CC2)c2c(-c3c(O)cc(F)c(F)c3F)cccc21. The number of aliphatic hydroxyl groups is 1. The summed E-state index contributed by atoms with van der Waals surface area (Å²) in [5.74, 6) is -5.67. The van der Waals surface area contributed by atoms with Gasteiger partial charge in [0.2, 0.25) is 0 Å². The second-order valence-electron chi connectivity index (χ2n) is 8.22. The van der Waals surface area contributed by atoms with Crippen LogP contribution in [0.5, 0.6) is 5.75 Å². The summed E-state index contributed by atoms with van der Waals surface area (Å²) >= 11 is 0. The van der Waals surface area contributed by atoms with Gasteiger partial charge in [0.1, 0.15) is 5.75 Å². The molecule has 1 aromatic heterocycles. The zero-order valence-electron chi connectivity index (χ0n) is 16.8. The highest BCUT2D eigenvalue weighted by Gasteiger charge is 2.36. The number of aliphatic hydroxyl groups excluding tert-OH is 1. The first kappa shape index (κ1) is 21.2. The largest absolute Gasteiger partial charge is 0.507 e. The zero-order chi connectivity index (χ0) is 22.8. The van der Waals surface area contributed by atoms with Crippen LogP contribution < -0.4 is 0 Å². The van der Waals surface area contributed by atoms with Gasteiger partial charge in [-0.1, -0.05) is 12.1 Å². The number of aromatic hydroxyl groups is 1. The lowest BCUT2D eigenvalue weighted by Gasteiger charge is -2.28. The first-order chi connectivity index (χ1) is 15.2. The van der Waals surface area contributed by atoms with Gasteiger partial charge in [0, 0.05) is 30.5 Å². The maximum atomic E-state index is 14.7. The number of phenolic OH excluding ortho intramolecular Hbond substituents is 1. The van der Waals surface area contributed by atoms with Crippen LogP contribution in [0.3, 0.4) is 0 Å². The molecule has 0 amide bonds. The Morgan fingerprint density at radius 1 is 1.03 bits per heavy atom. The molecule has 0 bridgehead atoms. The number of halogens is 3. The minimum Gasteiger partial charge on any atom is -0.507 e. The quantitative estimate of drug-likeness (QED) is 0.575. The van der Waals surface area contributed by atoms with Crippen molar-refractivity contribution in [1.29, 1.82) is 0 Å². The molecule has 7 nitrogen and oxygen atoms in total. The van der Waals surface area contributed by atoms with Crippen molar-refractivity contribution in [3.63, 3.8) is 0 Å². The fourth-order valence-electron chi connectivity index (χ4n) is 4.22. The van der Waals surface area contributed by atoms with Gasteiger partial charge in [-0.2, -0.15) is 17.8 Å². The average molecular weight is 467 g/mol. The van der Waals surface area contributed by atoms with Crippen molar-refractivity contribution in [2.75, 3.05) is 13.1 Å². The molecule has 0 spiro atoms. The lowest BCUT2D eigenvalue weighted by Crippen LogP contribution is -2.43. The van der Waals surface area contributed by atoms with Gasteiger partial charge >= 0.3 is 10.2 Å². The molecule has 1 saturated carbocycles. The van der Waals surface area contributed by atoms with E-state index in [4.69, 9.17) is 0 Å². The molecule has 1 saturated heterocycles. The molecule has 3 aromatic rings. The maximum absolute atomic E-state index is 14.7. The Hall–Kier alpha value is -2.63. The van der Waals surface area contributed by atoms with Gasteiger partial charge in [-0.15, -0.1) is 4.09 Å². The van der Waals surface area contributed by atoms with Crippen LogP contribution in [0.25, 0.3) is 22.0 Å². The Balaban J connectivity index is 1.75. The lowest BCUT2D eigenvalue weighted by atomic mass is 9.97. The van der Waals surface area contributed by atoms with Crippen LogP contribution in [0.1, 0.15) is 37.3 Å². The van der Waals surface area contributed by atoms with Crippen LogP contribution in [-0.2, 0) is 10.2 Å². The van der Waals surface area contributed by atoms with Crippen molar-refractivity contribution >= 4 is 21.1 Å². The van der Waals surface area contributed by atoms with Crippen LogP contribution in [0.15, 0.2) is 24.3 Å². The van der Waals surface area contributed by atoms with Crippen molar-refractivity contribution in [3.05, 3.63) is 47.4 Å². The minimum absolute atomic E-state index is 0.0359. The zero-order valence-corrected chi connectivity index (χ0v) is 17.6. The summed E-state index contributed by atoms with van der Waals surface area (Å²) in [4.78, 5) is 0. The average Bonchev–Trinajstić information content (AvgIpc) is 3.52. The second-order valence-corrected chi connectivity index (χ2v) is 9.98. The number of hydrogen-bond donors (Lipinski definition) is 2. The van der Waals surface area contributed by atoms with E-state index < -0.39 is 45.1 Å². The highest BCUT2D eigenvalue weighted by Crippen LogP contribution is 2.47. The third kappa shape index (κ3) is 3.26. The van der Waals surface area contributed by atoms with Crippen molar-refractivity contribution in [3.8, 4) is 16.9 Å². The number of rotatable bonds is 4. The highest BCUT2D eigenvalue weighted by molar-refractivity contribution is 7.87. The third-order valence-electron chi connectivity index (χ3n) is 6.05. The van der Waals surface area contributed by atoms with Gasteiger partial charge < -0.3 is 10.2 Å². The van der Waals surface area contributed by atoms with E-state index in [1.807, 2.05) is 0 Å². The van der Waals surface area contributed by atoms with Crippen LogP contribution in [0.2, 0.25) is 0 Å². The normalized spacial score (nSPS) is 18.5. The van der Waals surface area contributed by atoms with E-state index in [2.05, 4.69) is 5.10 Å². The Bertz CT molecular complexity index is 1330. The van der Waals surface area contributed by atoms with Crippen LogP contribution in [0.4, 0.5) is 13.2 Å². The smallest absolute Gasteiger partial charge is 0.323 e. The van der Waals surface area contributed by atoms with E-state index in [0.29, 0.717) is 24.6 Å². The first-order valence-corrected chi connectivity index (χ1v) is 11.7. The summed E-state index contributed by atoms with van der Waals surface area (Å²) in [6, 6.07) is 4.86. The van der Waals surface area contributed by atoms with E-state index in [1.165, 1.54) is 22.5 Å². The molecular weight excluding hydrogens is 447 g/mol. The van der Waals surface area contributed by atoms with Gasteiger partial charge in [0.05, 0.1) is 22.9 Å². The fourth-order valence-corrected chi connectivity index (χ4v) is 5.70. The highest BCUT2D eigenvalue weighted by atomic mass is 32.2. The first-order valence-electron chi connectivity index (χ1n) is 10.3. The summed E-state index contributed by atoms with van der Waals surface area (Å²) < 4.78 is 71.1. The Kier molecular flexibility index (Phi) is 4.95. The number of hydrogen-bond acceptors (Lipinski definition) is 5. The monoisotopic (exact) mass is 467 g/mol. The molecular formula is C21H20F3N3O4S. The van der Waals surface area contributed by atoms with Crippen LogP contribution >= 0.6 is 0 Å². The number of fused-ring (bicyclic) bond motifs is 1. The van der Waals surface area contributed by atoms with Crippen LogP contribution in [-0.4, -0.2) is 51.3 Å². The molecule has 0 unspecified atom stereocenters. The van der Waals surface area contributed by atoms with E-state index in [9.17, 15) is 31.8 Å². The summed E-state index contributed by atoms with van der Waals surface area (Å²) in [6.45, 7) is 0.254. The van der Waals surface area contributed by atoms with Crippen LogP contribution in [0, 0.1) is 17.5 Å². The van der Waals surface area contributed by atoms with E-state index >= 15 is 0 Å². The number of aromatic nitrogens is 2. The lowest BCUT2D eigenvalue weighted by molar-refractivity contribution is 0.112. The minimum atomic E-state index is -4.09. The number of piperidine rings is 1. The standard InChI is InChI=1S/C21H20F3N3O4S/c22-14-10-16(29)18(20(24)19(14)23)13-2-1-3-15-17(13)21(11-4-5-11)25-27(15)32(30,31)26-8-6-12(28)7-9-26/h1-3,10-12,28-29H,4-9H2. The molecule has 2 fully saturated rings. The Morgan fingerprint density at radius 3 is 2.38 bits per heavy atom. The van der Waals surface area contributed by atoms with Gasteiger partial charge in [0.15, 0.2) is 17.5 Å². The van der Waals surface area contributed by atoms with E-state index in [-0.39, 0.29) is 35.5 Å². The fraction of sp³-hybridized carbons (Fsp3) is 0.381. The van der Waals surface area contributed by atoms with Crippen molar-refractivity contribution in [2.45, 2.75) is 37.7 Å². The van der Waals surface area contributed by atoms with Crippen molar-refractivity contribution in [1.82, 2.24) is 13.5 Å². The van der Waals surface area contributed by atoms with E-state index in [1.54, 1.807) is 0 Å². The molecule has 5 rings (SSSR count). The second kappa shape index (κ2) is 7.46. The summed E-state index contributed by atoms with van der Waals surface area (Å²) in [5, 5.41) is 24.6. The molecule has 0 atom stereocenters. The number of phenols is 1. The van der Waals surface area contributed by atoms with Gasteiger partial charge in [-0.3, -0.25) is 0 Å². The van der Waals surface area contributed by atoms with Gasteiger partial charge in [-0.05, 0) is 37.3 Å². The Morgan fingerprint density at radius 2 is 1.72 bits per heavy atom. The predicted octanol–water partition coefficient (Wildman–Crippen LogP) is 3.25. The van der Waals surface area contributed by atoms with Gasteiger partial charge in [-0.25, -0.2) is 13.2 Å². The molecule has 2 N–H and O–H groups in total. The maximum Gasteiger partial charge on any atom is 0.323 e. The predicted molar refractivity (Wildman–Crippen MR) is 110 cm³/mol. The third-order valence-corrected chi connectivity index (χ3v) is 7.78. The molecule has 1 aliphatic carbocycles. The molecule has 0 radical (unpaired) electrons. The molecule has 170 valence electrons. The van der Waals surface area contributed by atoms with Crippen molar-refractivity contribution < 1.29 is 31.8 Å². The molecule has 2 aromatic carbocycles. The molecule has 2 aliphatic rings. The number of benzene rings is 2. The Labute approximate surface area is 181 Å². The molecule has 1 aliphatic heterocycles. The molecule has 2 heterocycles. The van der Waals surface area contributed by atoms with Gasteiger partial charge in [0.25, 0.3) is 0 Å². The summed E-state index contributed by atoms with van der Waals surface area (Å²) in [5.41, 5.74) is 0.0436.